The largest absolute Gasteiger partial charge is 0.457 e. The lowest BCUT2D eigenvalue weighted by Gasteiger charge is -2.08. The van der Waals surface area contributed by atoms with Crippen molar-refractivity contribution in [2.45, 2.75) is 0 Å². The Balaban J connectivity index is 1.69. The molecule has 21 heavy (non-hydrogen) atoms. The number of benzene rings is 2. The van der Waals surface area contributed by atoms with Crippen molar-refractivity contribution in [2.75, 3.05) is 5.73 Å². The number of nitrogens with zero attached hydrogens (tertiary/aromatic N) is 1. The molecule has 0 bridgehead atoms. The summed E-state index contributed by atoms with van der Waals surface area (Å²) in [7, 11) is 0. The monoisotopic (exact) mass is 278 g/mol. The fourth-order valence-corrected chi connectivity index (χ4v) is 1.83. The quantitative estimate of drug-likeness (QED) is 0.775. The molecule has 0 atom stereocenters. The van der Waals surface area contributed by atoms with Crippen LogP contribution < -0.4 is 15.2 Å². The molecule has 1 aromatic heterocycles. The third-order valence-electron chi connectivity index (χ3n) is 2.79. The average Bonchev–Trinajstić information content (AvgIpc) is 2.50. The van der Waals surface area contributed by atoms with Gasteiger partial charge in [-0.25, -0.2) is 4.98 Å². The van der Waals surface area contributed by atoms with Crippen molar-refractivity contribution in [3.05, 3.63) is 72.9 Å². The number of hydrogen-bond acceptors (Lipinski definition) is 4. The molecular formula is C17H14N2O2. The van der Waals surface area contributed by atoms with Gasteiger partial charge in [0, 0.05) is 12.3 Å². The standard InChI is InChI=1S/C17H14N2O2/c18-17-12-16(10-11-19-17)21-15-8-6-14(7-9-15)20-13-4-2-1-3-5-13/h1-12H,(H2,18,19). The van der Waals surface area contributed by atoms with Crippen molar-refractivity contribution >= 4 is 5.82 Å². The van der Waals surface area contributed by atoms with Crippen LogP contribution >= 0.6 is 0 Å². The maximum absolute atomic E-state index is 5.72. The minimum absolute atomic E-state index is 0.427. The summed E-state index contributed by atoms with van der Waals surface area (Å²) in [5.41, 5.74) is 5.61. The number of nitrogens with two attached hydrogens (primary N) is 1. The van der Waals surface area contributed by atoms with Crippen LogP contribution in [0.25, 0.3) is 0 Å². The topological polar surface area (TPSA) is 57.4 Å². The van der Waals surface area contributed by atoms with Gasteiger partial charge in [0.05, 0.1) is 0 Å². The highest BCUT2D eigenvalue weighted by Gasteiger charge is 2.00. The van der Waals surface area contributed by atoms with E-state index in [2.05, 4.69) is 4.98 Å². The van der Waals surface area contributed by atoms with Crippen LogP contribution in [0.15, 0.2) is 72.9 Å². The number of pyridine rings is 1. The average molecular weight is 278 g/mol. The van der Waals surface area contributed by atoms with Crippen LogP contribution in [0.2, 0.25) is 0 Å². The lowest BCUT2D eigenvalue weighted by molar-refractivity contribution is 0.469. The van der Waals surface area contributed by atoms with Crippen molar-refractivity contribution in [3.8, 4) is 23.0 Å². The Morgan fingerprint density at radius 1 is 0.667 bits per heavy atom. The Hall–Kier alpha value is -3.01. The summed E-state index contributed by atoms with van der Waals surface area (Å²) in [5.74, 6) is 3.34. The number of rotatable bonds is 4. The minimum Gasteiger partial charge on any atom is -0.457 e. The zero-order valence-electron chi connectivity index (χ0n) is 11.3. The molecule has 0 unspecified atom stereocenters. The summed E-state index contributed by atoms with van der Waals surface area (Å²) in [6.45, 7) is 0. The van der Waals surface area contributed by atoms with Crippen LogP contribution in [0.4, 0.5) is 5.82 Å². The first-order valence-electron chi connectivity index (χ1n) is 6.52. The van der Waals surface area contributed by atoms with Gasteiger partial charge in [-0.1, -0.05) is 18.2 Å². The zero-order chi connectivity index (χ0) is 14.5. The van der Waals surface area contributed by atoms with Gasteiger partial charge in [0.2, 0.25) is 0 Å². The van der Waals surface area contributed by atoms with Gasteiger partial charge >= 0.3 is 0 Å². The molecule has 0 aliphatic rings. The fraction of sp³-hybridized carbons (Fsp3) is 0. The van der Waals surface area contributed by atoms with Crippen LogP contribution in [0, 0.1) is 0 Å². The first-order chi connectivity index (χ1) is 10.3. The first kappa shape index (κ1) is 13.0. The molecule has 0 saturated carbocycles. The molecule has 0 fully saturated rings. The van der Waals surface area contributed by atoms with Gasteiger partial charge in [-0.05, 0) is 42.5 Å². The number of ether oxygens (including phenoxy) is 2. The summed E-state index contributed by atoms with van der Waals surface area (Å²) in [5, 5.41) is 0. The SMILES string of the molecule is Nc1cc(Oc2ccc(Oc3ccccc3)cc2)ccn1. The molecule has 0 radical (unpaired) electrons. The summed E-state index contributed by atoms with van der Waals surface area (Å²) in [4.78, 5) is 3.92. The van der Waals surface area contributed by atoms with Gasteiger partial charge in [-0.3, -0.25) is 0 Å². The van der Waals surface area contributed by atoms with E-state index in [0.29, 0.717) is 17.3 Å². The Morgan fingerprint density at radius 2 is 1.24 bits per heavy atom. The highest BCUT2D eigenvalue weighted by atomic mass is 16.5. The maximum atomic E-state index is 5.72. The second-order valence-electron chi connectivity index (χ2n) is 4.40. The summed E-state index contributed by atoms with van der Waals surface area (Å²) < 4.78 is 11.4. The molecule has 0 aliphatic carbocycles. The third kappa shape index (κ3) is 3.51. The molecule has 0 spiro atoms. The molecule has 2 N–H and O–H groups in total. The molecule has 4 heteroatoms. The van der Waals surface area contributed by atoms with Gasteiger partial charge in [0.15, 0.2) is 0 Å². The predicted molar refractivity (Wildman–Crippen MR) is 81.7 cm³/mol. The zero-order valence-corrected chi connectivity index (χ0v) is 11.3. The van der Waals surface area contributed by atoms with Crippen molar-refractivity contribution in [1.82, 2.24) is 4.98 Å². The van der Waals surface area contributed by atoms with E-state index in [4.69, 9.17) is 15.2 Å². The van der Waals surface area contributed by atoms with E-state index in [1.54, 1.807) is 18.3 Å². The smallest absolute Gasteiger partial charge is 0.132 e. The normalized spacial score (nSPS) is 10.1. The number of nitrogen functional groups attached to an aromatic ring is 1. The number of hydrogen-bond donors (Lipinski definition) is 1. The van der Waals surface area contributed by atoms with E-state index in [1.165, 1.54) is 0 Å². The summed E-state index contributed by atoms with van der Waals surface area (Å²) >= 11 is 0. The Bertz CT molecular complexity index is 712. The van der Waals surface area contributed by atoms with Crippen LogP contribution in [0.5, 0.6) is 23.0 Å². The Labute approximate surface area is 122 Å². The van der Waals surface area contributed by atoms with Crippen molar-refractivity contribution < 1.29 is 9.47 Å². The van der Waals surface area contributed by atoms with Crippen LogP contribution in [0.3, 0.4) is 0 Å². The molecular weight excluding hydrogens is 264 g/mol. The first-order valence-corrected chi connectivity index (χ1v) is 6.52. The van der Waals surface area contributed by atoms with E-state index < -0.39 is 0 Å². The number of aromatic nitrogens is 1. The predicted octanol–water partition coefficient (Wildman–Crippen LogP) is 4.25. The Morgan fingerprint density at radius 3 is 1.86 bits per heavy atom. The van der Waals surface area contributed by atoms with Gasteiger partial charge in [0.25, 0.3) is 0 Å². The third-order valence-corrected chi connectivity index (χ3v) is 2.79. The van der Waals surface area contributed by atoms with Crippen LogP contribution in [0.1, 0.15) is 0 Å². The maximum Gasteiger partial charge on any atom is 0.132 e. The lowest BCUT2D eigenvalue weighted by Crippen LogP contribution is -1.91. The van der Waals surface area contributed by atoms with Crippen molar-refractivity contribution in [1.29, 1.82) is 0 Å². The number of anilines is 1. The minimum atomic E-state index is 0.427. The highest BCUT2D eigenvalue weighted by Crippen LogP contribution is 2.26. The molecule has 4 nitrogen and oxygen atoms in total. The van der Waals surface area contributed by atoms with Crippen molar-refractivity contribution in [3.63, 3.8) is 0 Å². The highest BCUT2D eigenvalue weighted by molar-refractivity contribution is 5.40. The van der Waals surface area contributed by atoms with E-state index in [1.807, 2.05) is 54.6 Å². The number of para-hydroxylation sites is 1. The molecule has 0 amide bonds. The van der Waals surface area contributed by atoms with Crippen LogP contribution in [-0.2, 0) is 0 Å². The second kappa shape index (κ2) is 5.96. The molecule has 0 aliphatic heterocycles. The summed E-state index contributed by atoms with van der Waals surface area (Å²) in [6, 6.07) is 20.4. The van der Waals surface area contributed by atoms with Gasteiger partial charge in [0.1, 0.15) is 28.8 Å². The van der Waals surface area contributed by atoms with Crippen LogP contribution in [-0.4, -0.2) is 4.98 Å². The lowest BCUT2D eigenvalue weighted by atomic mass is 10.3. The van der Waals surface area contributed by atoms with E-state index in [-0.39, 0.29) is 0 Å². The Kier molecular flexibility index (Phi) is 3.69. The van der Waals surface area contributed by atoms with Crippen molar-refractivity contribution in [2.24, 2.45) is 0 Å². The second-order valence-corrected chi connectivity index (χ2v) is 4.40. The van der Waals surface area contributed by atoms with E-state index in [0.717, 1.165) is 11.5 Å². The van der Waals surface area contributed by atoms with Gasteiger partial charge in [-0.2, -0.15) is 0 Å². The van der Waals surface area contributed by atoms with E-state index in [9.17, 15) is 0 Å². The molecule has 0 saturated heterocycles. The fourth-order valence-electron chi connectivity index (χ4n) is 1.83. The van der Waals surface area contributed by atoms with E-state index >= 15 is 0 Å². The molecule has 3 rings (SSSR count). The molecule has 1 heterocycles. The van der Waals surface area contributed by atoms with Gasteiger partial charge in [-0.15, -0.1) is 0 Å². The van der Waals surface area contributed by atoms with Gasteiger partial charge < -0.3 is 15.2 Å². The molecule has 3 aromatic rings. The molecule has 2 aromatic carbocycles. The summed E-state index contributed by atoms with van der Waals surface area (Å²) in [6.07, 6.45) is 1.61. The molecule has 104 valence electrons.